The minimum atomic E-state index is 0. The van der Waals surface area contributed by atoms with Crippen LogP contribution in [0.15, 0.2) is 267 Å². The van der Waals surface area contributed by atoms with E-state index in [0.29, 0.717) is 66.8 Å². The number of aromatic hydroxyl groups is 8. The van der Waals surface area contributed by atoms with Crippen molar-refractivity contribution in [3.8, 4) is 90.5 Å². The van der Waals surface area contributed by atoms with Crippen molar-refractivity contribution in [1.29, 1.82) is 0 Å². The van der Waals surface area contributed by atoms with Gasteiger partial charge in [0.2, 0.25) is 0 Å². The molecule has 0 aliphatic carbocycles. The van der Waals surface area contributed by atoms with Gasteiger partial charge in [-0.3, -0.25) is 0 Å². The van der Waals surface area contributed by atoms with E-state index in [2.05, 4.69) is 37.2 Å². The number of ether oxygens (including phenoxy) is 2. The van der Waals surface area contributed by atoms with Crippen LogP contribution in [-0.2, 0) is 35.9 Å². The fraction of sp³-hybridized carbons (Fsp3) is 0.0476. The number of fused-ring (bicyclic) bond motifs is 8. The van der Waals surface area contributed by atoms with Gasteiger partial charge in [0.15, 0.2) is 0 Å². The first-order valence-electron chi connectivity index (χ1n) is 31.1. The molecule has 16 aromatic rings. The SMILES string of the molecule is II.Oc1ccc2ccccc2c1-c1c(O)c(COCc2cc3ccccc3c(-c3c(O)ccc4ccccc34)c2O)cc2ccccc12.Oc1ccc2ccccc2c1-c1c(O)c(COCc2cc3ccccc3c(-c3c(O)ccc4ccccc34)c2O)cc2ccccc12.[La]. The number of halogens is 2. The van der Waals surface area contributed by atoms with Crippen LogP contribution in [0.5, 0.6) is 46.0 Å². The fourth-order valence-corrected chi connectivity index (χ4v) is 13.7. The molecule has 0 spiro atoms. The molecule has 0 atom stereocenters. The van der Waals surface area contributed by atoms with Crippen LogP contribution in [0.1, 0.15) is 22.3 Å². The van der Waals surface area contributed by atoms with Crippen molar-refractivity contribution in [1.82, 2.24) is 0 Å². The Morgan fingerprint density at radius 2 is 0.371 bits per heavy atom. The Labute approximate surface area is 609 Å². The maximum Gasteiger partial charge on any atom is 0.129 e. The third-order valence-electron chi connectivity index (χ3n) is 18.1. The molecule has 10 nitrogen and oxygen atoms in total. The molecule has 0 fully saturated rings. The van der Waals surface area contributed by atoms with Gasteiger partial charge in [-0.2, -0.15) is 0 Å². The number of hydrogen-bond acceptors (Lipinski definition) is 10. The Morgan fingerprint density at radius 3 is 0.567 bits per heavy atom. The second-order valence-corrected chi connectivity index (χ2v) is 23.6. The van der Waals surface area contributed by atoms with Gasteiger partial charge in [0.1, 0.15) is 46.0 Å². The van der Waals surface area contributed by atoms with E-state index in [9.17, 15) is 40.9 Å². The number of benzene rings is 16. The first kappa shape index (κ1) is 66.2. The van der Waals surface area contributed by atoms with Crippen molar-refractivity contribution in [3.63, 3.8) is 0 Å². The van der Waals surface area contributed by atoms with Gasteiger partial charge in [-0.05, 0) is 135 Å². The molecule has 1 radical (unpaired) electrons. The average molecular weight is 1620 g/mol. The summed E-state index contributed by atoms with van der Waals surface area (Å²) in [5.41, 5.74) is 6.62. The van der Waals surface area contributed by atoms with Crippen LogP contribution in [0.4, 0.5) is 0 Å². The number of rotatable bonds is 12. The first-order chi connectivity index (χ1) is 47.0. The van der Waals surface area contributed by atoms with Crippen molar-refractivity contribution in [2.45, 2.75) is 26.4 Å². The Morgan fingerprint density at radius 1 is 0.206 bits per heavy atom. The summed E-state index contributed by atoms with van der Waals surface area (Å²) in [5.74, 6) is 0.415. The molecule has 0 saturated carbocycles. The van der Waals surface area contributed by atoms with Crippen molar-refractivity contribution in [3.05, 3.63) is 289 Å². The largest absolute Gasteiger partial charge is 0.507 e. The third-order valence-corrected chi connectivity index (χ3v) is 18.1. The van der Waals surface area contributed by atoms with E-state index in [-0.39, 0.29) is 108 Å². The van der Waals surface area contributed by atoms with Crippen LogP contribution in [0.25, 0.3) is 131 Å². The summed E-state index contributed by atoms with van der Waals surface area (Å²) in [5, 5.41) is 105. The predicted molar refractivity (Wildman–Crippen MR) is 406 cm³/mol. The zero-order valence-electron chi connectivity index (χ0n) is 52.0. The summed E-state index contributed by atoms with van der Waals surface area (Å²) in [6, 6.07) is 83.9. The van der Waals surface area contributed by atoms with Crippen LogP contribution in [0, 0.1) is 35.6 Å². The molecule has 0 aliphatic rings. The van der Waals surface area contributed by atoms with E-state index in [0.717, 1.165) is 86.2 Å². The smallest absolute Gasteiger partial charge is 0.129 e. The van der Waals surface area contributed by atoms with Gasteiger partial charge in [-0.25, -0.2) is 0 Å². The summed E-state index contributed by atoms with van der Waals surface area (Å²) in [6.45, 7) is 0.208. The fourth-order valence-electron chi connectivity index (χ4n) is 13.7. The Hall–Kier alpha value is -9.43. The molecular formula is C84H60I2LaO10. The van der Waals surface area contributed by atoms with E-state index in [1.807, 2.05) is 243 Å². The minimum absolute atomic E-state index is 0. The number of phenolic OH excluding ortho intramolecular Hbond substituents is 8. The van der Waals surface area contributed by atoms with E-state index in [4.69, 9.17) is 9.47 Å². The van der Waals surface area contributed by atoms with Gasteiger partial charge >= 0.3 is 0 Å². The van der Waals surface area contributed by atoms with Gasteiger partial charge in [-0.15, -0.1) is 0 Å². The van der Waals surface area contributed by atoms with Gasteiger partial charge < -0.3 is 50.3 Å². The van der Waals surface area contributed by atoms with Crippen molar-refractivity contribution in [2.75, 3.05) is 0 Å². The van der Waals surface area contributed by atoms with E-state index >= 15 is 0 Å². The topological polar surface area (TPSA) is 180 Å². The predicted octanol–water partition coefficient (Wildman–Crippen LogP) is 22.1. The molecule has 97 heavy (non-hydrogen) atoms. The summed E-state index contributed by atoms with van der Waals surface area (Å²) in [4.78, 5) is 0. The van der Waals surface area contributed by atoms with Crippen LogP contribution in [0.2, 0.25) is 0 Å². The van der Waals surface area contributed by atoms with E-state index in [1.54, 1.807) is 24.3 Å². The second kappa shape index (κ2) is 28.7. The summed E-state index contributed by atoms with van der Waals surface area (Å²) < 4.78 is 12.5. The van der Waals surface area contributed by atoms with Crippen LogP contribution in [-0.4, -0.2) is 40.9 Å². The molecule has 0 aliphatic heterocycles. The third kappa shape index (κ3) is 12.5. The second-order valence-electron chi connectivity index (χ2n) is 23.6. The summed E-state index contributed by atoms with van der Waals surface area (Å²) in [6.07, 6.45) is 0. The molecule has 0 amide bonds. The summed E-state index contributed by atoms with van der Waals surface area (Å²) >= 11 is 4.24. The Balaban J connectivity index is 0.000000169. The van der Waals surface area contributed by atoms with E-state index < -0.39 is 0 Å². The molecule has 0 aromatic heterocycles. The molecular weight excluding hydrogens is 1560 g/mol. The monoisotopic (exact) mass is 1620 g/mol. The van der Waals surface area contributed by atoms with Gasteiger partial charge in [-0.1, -0.05) is 218 Å². The molecule has 16 aromatic carbocycles. The van der Waals surface area contributed by atoms with Gasteiger partial charge in [0.25, 0.3) is 0 Å². The zero-order valence-corrected chi connectivity index (χ0v) is 59.9. The molecule has 13 heteroatoms. The molecule has 0 bridgehead atoms. The molecule has 0 unspecified atom stereocenters. The first-order valence-corrected chi connectivity index (χ1v) is 37.4. The van der Waals surface area contributed by atoms with Crippen LogP contribution < -0.4 is 0 Å². The van der Waals surface area contributed by atoms with Crippen molar-refractivity contribution < 1.29 is 85.9 Å². The molecule has 473 valence electrons. The molecule has 16 rings (SSSR count). The summed E-state index contributed by atoms with van der Waals surface area (Å²) in [7, 11) is 0. The van der Waals surface area contributed by atoms with E-state index in [1.165, 1.54) is 0 Å². The van der Waals surface area contributed by atoms with Crippen molar-refractivity contribution in [2.24, 2.45) is 0 Å². The number of hydrogen-bond donors (Lipinski definition) is 8. The van der Waals surface area contributed by atoms with Crippen LogP contribution >= 0.6 is 37.2 Å². The Bertz CT molecular complexity index is 5020. The van der Waals surface area contributed by atoms with Crippen molar-refractivity contribution >= 4 is 123 Å². The van der Waals surface area contributed by atoms with Crippen LogP contribution in [0.3, 0.4) is 0 Å². The maximum absolute atomic E-state index is 11.8. The zero-order chi connectivity index (χ0) is 66.1. The van der Waals surface area contributed by atoms with Gasteiger partial charge in [0.05, 0.1) is 26.4 Å². The Kier molecular flexibility index (Phi) is 19.6. The molecule has 8 N–H and O–H groups in total. The average Bonchev–Trinajstić information content (AvgIpc) is 0.772. The standard InChI is InChI=1S/2C42H30O5.I2.La/c2*43-35-19-17-25-9-1-5-13-31(25)37(35)39-33-15-7-3-11-27(33)21-29(41(39)45)23-47-24-30-22-28-12-4-8-16-34(28)40(42(30)46)38-32-14-6-2-10-26(32)18-20-36(38)44;1-2;/h2*1-22,43-46H,23-24H2;;. The maximum atomic E-state index is 11.8. The molecule has 0 heterocycles. The normalized spacial score (nSPS) is 11.3. The molecule has 0 saturated heterocycles. The quantitative estimate of drug-likeness (QED) is 0.0549. The number of phenols is 8. The van der Waals surface area contributed by atoms with Gasteiger partial charge in [0, 0.05) is 140 Å². The minimum Gasteiger partial charge on any atom is -0.507 e.